The smallest absolute Gasteiger partial charge is 0.161 e. The van der Waals surface area contributed by atoms with Crippen LogP contribution in [0.25, 0.3) is 0 Å². The molecule has 1 aromatic rings. The first-order valence-electron chi connectivity index (χ1n) is 8.87. The molecule has 0 unspecified atom stereocenters. The fraction of sp³-hybridized carbons (Fsp3) is 0.684. The van der Waals surface area contributed by atoms with Gasteiger partial charge in [-0.2, -0.15) is 0 Å². The zero-order chi connectivity index (χ0) is 16.2. The van der Waals surface area contributed by atoms with Gasteiger partial charge in [0.1, 0.15) is 0 Å². The lowest BCUT2D eigenvalue weighted by Gasteiger charge is -2.49. The molecule has 126 valence electrons. The van der Waals surface area contributed by atoms with Crippen molar-refractivity contribution in [3.05, 3.63) is 22.8 Å². The molecule has 1 fully saturated rings. The Morgan fingerprint density at radius 1 is 1.22 bits per heavy atom. The van der Waals surface area contributed by atoms with Crippen molar-refractivity contribution in [2.75, 3.05) is 20.7 Å². The Hall–Kier alpha value is -1.26. The number of aliphatic hydroxyl groups excluding tert-OH is 1. The molecule has 1 spiro atoms. The second-order valence-corrected chi connectivity index (χ2v) is 7.67. The van der Waals surface area contributed by atoms with Crippen molar-refractivity contribution in [1.82, 2.24) is 4.90 Å². The van der Waals surface area contributed by atoms with E-state index in [4.69, 9.17) is 4.74 Å². The average molecular weight is 317 g/mol. The van der Waals surface area contributed by atoms with E-state index in [2.05, 4.69) is 11.9 Å². The van der Waals surface area contributed by atoms with Gasteiger partial charge in [0.25, 0.3) is 0 Å². The van der Waals surface area contributed by atoms with Crippen LogP contribution in [0.4, 0.5) is 0 Å². The summed E-state index contributed by atoms with van der Waals surface area (Å²) in [5.41, 5.74) is 3.88. The molecular formula is C19H27NO3. The normalized spacial score (nSPS) is 33.5. The lowest BCUT2D eigenvalue weighted by molar-refractivity contribution is 0.0764. The summed E-state index contributed by atoms with van der Waals surface area (Å²) >= 11 is 0. The number of likely N-dealkylation sites (N-methyl/N-ethyl adjacent to an activating group) is 1. The van der Waals surface area contributed by atoms with Crippen molar-refractivity contribution in [1.29, 1.82) is 0 Å². The molecule has 1 atom stereocenters. The van der Waals surface area contributed by atoms with Gasteiger partial charge in [-0.15, -0.1) is 0 Å². The Balaban J connectivity index is 1.91. The number of benzene rings is 1. The van der Waals surface area contributed by atoms with E-state index in [1.165, 1.54) is 11.1 Å². The number of aromatic hydroxyl groups is 1. The summed E-state index contributed by atoms with van der Waals surface area (Å²) in [7, 11) is 3.84. The van der Waals surface area contributed by atoms with Gasteiger partial charge in [-0.3, -0.25) is 4.90 Å². The van der Waals surface area contributed by atoms with Crippen molar-refractivity contribution in [3.8, 4) is 11.5 Å². The van der Waals surface area contributed by atoms with E-state index < -0.39 is 0 Å². The van der Waals surface area contributed by atoms with Crippen LogP contribution in [0.2, 0.25) is 0 Å². The van der Waals surface area contributed by atoms with Crippen LogP contribution in [-0.2, 0) is 11.8 Å². The Morgan fingerprint density at radius 3 is 2.61 bits per heavy atom. The van der Waals surface area contributed by atoms with Crippen LogP contribution in [-0.4, -0.2) is 41.9 Å². The summed E-state index contributed by atoms with van der Waals surface area (Å²) in [6, 6.07) is 2.47. The molecule has 2 aliphatic carbocycles. The van der Waals surface area contributed by atoms with Gasteiger partial charge in [0.15, 0.2) is 11.5 Å². The van der Waals surface area contributed by atoms with Crippen LogP contribution in [0.3, 0.4) is 0 Å². The number of fused-ring (bicyclic) bond motifs is 1. The number of hydrogen-bond donors (Lipinski definition) is 2. The number of aliphatic hydroxyl groups is 1. The fourth-order valence-corrected chi connectivity index (χ4v) is 5.23. The molecule has 1 aliphatic heterocycles. The molecule has 2 N–H and O–H groups in total. The number of ether oxygens (including phenoxy) is 1. The Labute approximate surface area is 138 Å². The van der Waals surface area contributed by atoms with Crippen molar-refractivity contribution >= 4 is 0 Å². The lowest BCUT2D eigenvalue weighted by atomic mass is 9.59. The Morgan fingerprint density at radius 2 is 1.91 bits per heavy atom. The molecule has 4 nitrogen and oxygen atoms in total. The molecule has 0 bridgehead atoms. The van der Waals surface area contributed by atoms with Gasteiger partial charge in [-0.25, -0.2) is 0 Å². The topological polar surface area (TPSA) is 52.9 Å². The summed E-state index contributed by atoms with van der Waals surface area (Å²) < 4.78 is 5.48. The number of hydrogen-bond acceptors (Lipinski definition) is 4. The van der Waals surface area contributed by atoms with Gasteiger partial charge in [0.05, 0.1) is 13.2 Å². The van der Waals surface area contributed by atoms with Crippen molar-refractivity contribution < 1.29 is 14.9 Å². The molecule has 1 saturated carbocycles. The summed E-state index contributed by atoms with van der Waals surface area (Å²) in [6.45, 7) is 1.07. The van der Waals surface area contributed by atoms with Gasteiger partial charge in [0.2, 0.25) is 0 Å². The number of phenolic OH excluding ortho intramolecular Hbond substituents is 1. The SMILES string of the molecule is COc1cc2c3c(c1O)C1(CCC(O)CC1)CC[C@H]3N(C)CC2. The third kappa shape index (κ3) is 2.18. The maximum absolute atomic E-state index is 11.0. The largest absolute Gasteiger partial charge is 0.504 e. The standard InChI is InChI=1S/C19H27NO3/c1-20-10-6-12-11-15(23-2)18(22)17-16(12)14(20)5-9-19(17)7-3-13(21)4-8-19/h11,13-14,21-22H,3-10H2,1-2H3/t13?,14-,19?/m1/s1. The lowest BCUT2D eigenvalue weighted by Crippen LogP contribution is -2.43. The van der Waals surface area contributed by atoms with Crippen molar-refractivity contribution in [2.45, 2.75) is 62.5 Å². The molecular weight excluding hydrogens is 290 g/mol. The molecule has 0 radical (unpaired) electrons. The minimum absolute atomic E-state index is 0.0244. The second-order valence-electron chi connectivity index (χ2n) is 7.67. The van der Waals surface area contributed by atoms with Crippen molar-refractivity contribution in [3.63, 3.8) is 0 Å². The summed E-state index contributed by atoms with van der Waals surface area (Å²) in [5.74, 6) is 0.970. The molecule has 0 aromatic heterocycles. The molecule has 0 saturated heterocycles. The van der Waals surface area contributed by atoms with Gasteiger partial charge in [0, 0.05) is 18.2 Å². The zero-order valence-corrected chi connectivity index (χ0v) is 14.1. The first kappa shape index (κ1) is 15.3. The van der Waals surface area contributed by atoms with E-state index in [0.29, 0.717) is 17.5 Å². The average Bonchev–Trinajstić information content (AvgIpc) is 2.56. The maximum atomic E-state index is 11.0. The monoisotopic (exact) mass is 317 g/mol. The highest BCUT2D eigenvalue weighted by molar-refractivity contribution is 5.60. The first-order chi connectivity index (χ1) is 11.1. The second kappa shape index (κ2) is 5.38. The van der Waals surface area contributed by atoms with E-state index in [0.717, 1.165) is 57.1 Å². The van der Waals surface area contributed by atoms with Crippen LogP contribution < -0.4 is 4.74 Å². The van der Waals surface area contributed by atoms with Gasteiger partial charge in [-0.1, -0.05) is 0 Å². The molecule has 1 aromatic carbocycles. The third-order valence-corrected chi connectivity index (χ3v) is 6.55. The minimum Gasteiger partial charge on any atom is -0.504 e. The highest BCUT2D eigenvalue weighted by Crippen LogP contribution is 2.57. The van der Waals surface area contributed by atoms with E-state index in [9.17, 15) is 10.2 Å². The predicted octanol–water partition coefficient (Wildman–Crippen LogP) is 2.90. The molecule has 3 aliphatic rings. The molecule has 4 heteroatoms. The highest BCUT2D eigenvalue weighted by atomic mass is 16.5. The highest BCUT2D eigenvalue weighted by Gasteiger charge is 2.47. The predicted molar refractivity (Wildman–Crippen MR) is 89.1 cm³/mol. The van der Waals surface area contributed by atoms with E-state index in [-0.39, 0.29) is 11.5 Å². The molecule has 1 heterocycles. The number of nitrogens with zero attached hydrogens (tertiary/aromatic N) is 1. The Bertz CT molecular complexity index is 620. The maximum Gasteiger partial charge on any atom is 0.161 e. The van der Waals surface area contributed by atoms with Crippen LogP contribution in [0, 0.1) is 0 Å². The fourth-order valence-electron chi connectivity index (χ4n) is 5.23. The van der Waals surface area contributed by atoms with Crippen LogP contribution >= 0.6 is 0 Å². The summed E-state index contributed by atoms with van der Waals surface area (Å²) in [4.78, 5) is 2.43. The number of phenols is 1. The van der Waals surface area contributed by atoms with Gasteiger partial charge >= 0.3 is 0 Å². The van der Waals surface area contributed by atoms with E-state index in [1.807, 2.05) is 6.07 Å². The quantitative estimate of drug-likeness (QED) is 0.836. The van der Waals surface area contributed by atoms with Crippen LogP contribution in [0.1, 0.15) is 61.3 Å². The number of rotatable bonds is 1. The Kier molecular flexibility index (Phi) is 3.58. The third-order valence-electron chi connectivity index (χ3n) is 6.55. The van der Waals surface area contributed by atoms with E-state index in [1.54, 1.807) is 7.11 Å². The molecule has 23 heavy (non-hydrogen) atoms. The molecule has 0 amide bonds. The van der Waals surface area contributed by atoms with Gasteiger partial charge in [-0.05, 0) is 74.6 Å². The number of methoxy groups -OCH3 is 1. The first-order valence-corrected chi connectivity index (χ1v) is 8.87. The van der Waals surface area contributed by atoms with Crippen molar-refractivity contribution in [2.24, 2.45) is 0 Å². The summed E-state index contributed by atoms with van der Waals surface area (Å²) in [5, 5.41) is 20.9. The van der Waals surface area contributed by atoms with Gasteiger partial charge < -0.3 is 14.9 Å². The summed E-state index contributed by atoms with van der Waals surface area (Å²) in [6.07, 6.45) is 6.71. The van der Waals surface area contributed by atoms with Crippen LogP contribution in [0.15, 0.2) is 6.07 Å². The van der Waals surface area contributed by atoms with E-state index >= 15 is 0 Å². The minimum atomic E-state index is -0.176. The van der Waals surface area contributed by atoms with Crippen LogP contribution in [0.5, 0.6) is 11.5 Å². The zero-order valence-electron chi connectivity index (χ0n) is 14.1. The molecule has 4 rings (SSSR count).